The van der Waals surface area contributed by atoms with Crippen LogP contribution in [0.15, 0.2) is 42.5 Å². The van der Waals surface area contributed by atoms with E-state index in [1.807, 2.05) is 6.07 Å². The molecule has 2 rings (SSSR count). The van der Waals surface area contributed by atoms with E-state index >= 15 is 0 Å². The third-order valence-corrected chi connectivity index (χ3v) is 2.95. The quantitative estimate of drug-likeness (QED) is 0.811. The smallest absolute Gasteiger partial charge is 0.319 e. The van der Waals surface area contributed by atoms with Crippen LogP contribution in [0.2, 0.25) is 0 Å². The van der Waals surface area contributed by atoms with Crippen LogP contribution >= 0.6 is 0 Å². The van der Waals surface area contributed by atoms with E-state index < -0.39 is 11.8 Å². The molecule has 2 aromatic carbocycles. The number of carbonyl (C=O) groups excluding carboxylic acids is 1. The Morgan fingerprint density at radius 2 is 2.09 bits per heavy atom. The minimum atomic E-state index is -0.627. The largest absolute Gasteiger partial charge is 0.508 e. The van der Waals surface area contributed by atoms with Crippen LogP contribution in [0.25, 0.3) is 0 Å². The van der Waals surface area contributed by atoms with Gasteiger partial charge in [0, 0.05) is 12.2 Å². The van der Waals surface area contributed by atoms with Crippen LogP contribution in [0, 0.1) is 17.1 Å². The summed E-state index contributed by atoms with van der Waals surface area (Å²) in [7, 11) is 0. The maximum Gasteiger partial charge on any atom is 0.319 e. The summed E-state index contributed by atoms with van der Waals surface area (Å²) in [4.78, 5) is 11.7. The van der Waals surface area contributed by atoms with E-state index in [4.69, 9.17) is 5.26 Å². The van der Waals surface area contributed by atoms with Crippen molar-refractivity contribution < 1.29 is 14.3 Å². The molecule has 0 aromatic heterocycles. The molecule has 0 aliphatic carbocycles. The van der Waals surface area contributed by atoms with Crippen molar-refractivity contribution >= 4 is 11.7 Å². The number of nitrogens with one attached hydrogen (secondary N) is 2. The van der Waals surface area contributed by atoms with Crippen molar-refractivity contribution in [1.82, 2.24) is 5.32 Å². The van der Waals surface area contributed by atoms with Gasteiger partial charge in [-0.1, -0.05) is 12.1 Å². The number of phenolic OH excluding ortho intramolecular Hbond substituents is 1. The number of urea groups is 1. The minimum Gasteiger partial charge on any atom is -0.508 e. The van der Waals surface area contributed by atoms with Crippen molar-refractivity contribution in [2.24, 2.45) is 0 Å². The van der Waals surface area contributed by atoms with E-state index in [-0.39, 0.29) is 11.3 Å². The lowest BCUT2D eigenvalue weighted by molar-refractivity contribution is 0.252. The van der Waals surface area contributed by atoms with Crippen molar-refractivity contribution in [1.29, 1.82) is 5.26 Å². The molecule has 0 heterocycles. The van der Waals surface area contributed by atoms with Gasteiger partial charge >= 0.3 is 6.03 Å². The molecule has 0 fully saturated rings. The van der Waals surface area contributed by atoms with Crippen LogP contribution in [0.3, 0.4) is 0 Å². The van der Waals surface area contributed by atoms with E-state index in [0.717, 1.165) is 11.6 Å². The molecule has 0 atom stereocenters. The predicted molar refractivity (Wildman–Crippen MR) is 79.9 cm³/mol. The van der Waals surface area contributed by atoms with E-state index in [2.05, 4.69) is 10.6 Å². The lowest BCUT2D eigenvalue weighted by Crippen LogP contribution is -2.30. The lowest BCUT2D eigenvalue weighted by atomic mass is 10.1. The zero-order valence-electron chi connectivity index (χ0n) is 11.6. The van der Waals surface area contributed by atoms with Crippen LogP contribution in [-0.2, 0) is 6.42 Å². The highest BCUT2D eigenvalue weighted by Crippen LogP contribution is 2.14. The van der Waals surface area contributed by atoms with Crippen LogP contribution in [-0.4, -0.2) is 17.7 Å². The highest BCUT2D eigenvalue weighted by atomic mass is 19.1. The average molecular weight is 299 g/mol. The SMILES string of the molecule is N#Cc1cc(NC(=O)NCCc2cccc(O)c2)ccc1F. The van der Waals surface area contributed by atoms with Gasteiger partial charge in [0.2, 0.25) is 0 Å². The topological polar surface area (TPSA) is 85.2 Å². The number of rotatable bonds is 4. The predicted octanol–water partition coefficient (Wildman–Crippen LogP) is 2.77. The molecule has 0 saturated carbocycles. The first-order chi connectivity index (χ1) is 10.6. The lowest BCUT2D eigenvalue weighted by Gasteiger charge is -2.08. The summed E-state index contributed by atoms with van der Waals surface area (Å²) in [6.07, 6.45) is 0.564. The molecule has 0 saturated heterocycles. The van der Waals surface area contributed by atoms with Gasteiger partial charge < -0.3 is 15.7 Å². The number of amides is 2. The number of hydrogen-bond acceptors (Lipinski definition) is 3. The molecule has 0 aliphatic rings. The number of carbonyl (C=O) groups is 1. The molecule has 22 heavy (non-hydrogen) atoms. The van der Waals surface area contributed by atoms with Crippen molar-refractivity contribution in [2.45, 2.75) is 6.42 Å². The molecule has 0 spiro atoms. The molecule has 2 aromatic rings. The van der Waals surface area contributed by atoms with Crippen LogP contribution < -0.4 is 10.6 Å². The highest BCUT2D eigenvalue weighted by molar-refractivity contribution is 5.89. The van der Waals surface area contributed by atoms with E-state index in [1.54, 1.807) is 24.3 Å². The summed E-state index contributed by atoms with van der Waals surface area (Å²) in [5.74, 6) is -0.449. The number of nitrogens with zero attached hydrogens (tertiary/aromatic N) is 1. The number of benzene rings is 2. The van der Waals surface area contributed by atoms with Gasteiger partial charge in [0.1, 0.15) is 17.6 Å². The van der Waals surface area contributed by atoms with Crippen LogP contribution in [0.4, 0.5) is 14.9 Å². The van der Waals surface area contributed by atoms with Crippen molar-refractivity contribution in [3.05, 3.63) is 59.4 Å². The van der Waals surface area contributed by atoms with Gasteiger partial charge in [0.25, 0.3) is 0 Å². The molecule has 3 N–H and O–H groups in total. The minimum absolute atomic E-state index is 0.127. The van der Waals surface area contributed by atoms with Gasteiger partial charge in [-0.15, -0.1) is 0 Å². The van der Waals surface area contributed by atoms with Gasteiger partial charge in [-0.05, 0) is 42.3 Å². The van der Waals surface area contributed by atoms with E-state index in [9.17, 15) is 14.3 Å². The number of aromatic hydroxyl groups is 1. The van der Waals surface area contributed by atoms with Gasteiger partial charge in [-0.3, -0.25) is 0 Å². The Bertz CT molecular complexity index is 726. The number of anilines is 1. The number of hydrogen-bond donors (Lipinski definition) is 3. The standard InChI is InChI=1S/C16H14FN3O2/c17-15-5-4-13(9-12(15)10-18)20-16(22)19-7-6-11-2-1-3-14(21)8-11/h1-5,8-9,21H,6-7H2,(H2,19,20,22). The van der Waals surface area contributed by atoms with Crippen molar-refractivity contribution in [2.75, 3.05) is 11.9 Å². The molecule has 0 radical (unpaired) electrons. The molecular weight excluding hydrogens is 285 g/mol. The zero-order chi connectivity index (χ0) is 15.9. The van der Waals surface area contributed by atoms with Crippen LogP contribution in [0.1, 0.15) is 11.1 Å². The Kier molecular flexibility index (Phi) is 4.94. The fourth-order valence-electron chi connectivity index (χ4n) is 1.90. The van der Waals surface area contributed by atoms with Gasteiger partial charge in [-0.2, -0.15) is 5.26 Å². The highest BCUT2D eigenvalue weighted by Gasteiger charge is 2.06. The Labute approximate surface area is 127 Å². The first kappa shape index (κ1) is 15.3. The molecule has 6 heteroatoms. The maximum atomic E-state index is 13.2. The molecule has 112 valence electrons. The molecule has 0 aliphatic heterocycles. The summed E-state index contributed by atoms with van der Waals surface area (Å²) in [6, 6.07) is 11.8. The summed E-state index contributed by atoms with van der Waals surface area (Å²) in [5, 5.41) is 23.2. The second kappa shape index (κ2) is 7.09. The second-order valence-electron chi connectivity index (χ2n) is 4.61. The molecule has 5 nitrogen and oxygen atoms in total. The molecule has 0 unspecified atom stereocenters. The summed E-state index contributed by atoms with van der Waals surface area (Å²) < 4.78 is 13.2. The molecule has 2 amide bonds. The Hall–Kier alpha value is -3.07. The Balaban J connectivity index is 1.84. The number of halogens is 1. The van der Waals surface area contributed by atoms with Gasteiger partial charge in [-0.25, -0.2) is 9.18 Å². The number of nitriles is 1. The third kappa shape index (κ3) is 4.21. The first-order valence-electron chi connectivity index (χ1n) is 6.61. The van der Waals surface area contributed by atoms with Crippen molar-refractivity contribution in [3.63, 3.8) is 0 Å². The Morgan fingerprint density at radius 3 is 2.82 bits per heavy atom. The fraction of sp³-hybridized carbons (Fsp3) is 0.125. The van der Waals surface area contributed by atoms with Gasteiger partial charge in [0.05, 0.1) is 5.56 Å². The molecular formula is C16H14FN3O2. The zero-order valence-corrected chi connectivity index (χ0v) is 11.6. The fourth-order valence-corrected chi connectivity index (χ4v) is 1.90. The van der Waals surface area contributed by atoms with E-state index in [0.29, 0.717) is 18.7 Å². The Morgan fingerprint density at radius 1 is 1.27 bits per heavy atom. The molecule has 0 bridgehead atoms. The first-order valence-corrected chi connectivity index (χ1v) is 6.61. The van der Waals surface area contributed by atoms with Gasteiger partial charge in [0.15, 0.2) is 0 Å². The normalized spacial score (nSPS) is 9.82. The third-order valence-electron chi connectivity index (χ3n) is 2.95. The average Bonchev–Trinajstić information content (AvgIpc) is 2.49. The summed E-state index contributed by atoms with van der Waals surface area (Å²) >= 11 is 0. The summed E-state index contributed by atoms with van der Waals surface area (Å²) in [5.41, 5.74) is 1.11. The monoisotopic (exact) mass is 299 g/mol. The summed E-state index contributed by atoms with van der Waals surface area (Å²) in [6.45, 7) is 0.377. The second-order valence-corrected chi connectivity index (χ2v) is 4.61. The number of phenols is 1. The van der Waals surface area contributed by atoms with Crippen molar-refractivity contribution in [3.8, 4) is 11.8 Å². The van der Waals surface area contributed by atoms with E-state index in [1.165, 1.54) is 12.1 Å². The van der Waals surface area contributed by atoms with Crippen LogP contribution in [0.5, 0.6) is 5.75 Å². The maximum absolute atomic E-state index is 13.2.